The Balaban J connectivity index is 1.79. The van der Waals surface area contributed by atoms with Crippen molar-refractivity contribution in [2.45, 2.75) is 19.4 Å². The van der Waals surface area contributed by atoms with Gasteiger partial charge in [-0.15, -0.1) is 0 Å². The summed E-state index contributed by atoms with van der Waals surface area (Å²) in [5.41, 5.74) is 0.947. The third kappa shape index (κ3) is 3.85. The van der Waals surface area contributed by atoms with E-state index >= 15 is 0 Å². The van der Waals surface area contributed by atoms with Crippen LogP contribution in [0.15, 0.2) is 18.2 Å². The Morgan fingerprint density at radius 3 is 3.00 bits per heavy atom. The lowest BCUT2D eigenvalue weighted by molar-refractivity contribution is 0.0871. The molecule has 1 unspecified atom stereocenters. The molecule has 1 saturated heterocycles. The Bertz CT molecular complexity index is 364. The van der Waals surface area contributed by atoms with E-state index in [0.717, 1.165) is 18.7 Å². The highest BCUT2D eigenvalue weighted by Crippen LogP contribution is 2.26. The monoisotopic (exact) mass is 272 g/mol. The Hall–Kier alpha value is -0.280. The number of hydrogen-bond donors (Lipinski definition) is 1. The molecule has 1 aliphatic heterocycles. The van der Waals surface area contributed by atoms with Gasteiger partial charge in [-0.25, -0.2) is 0 Å². The zero-order chi connectivity index (χ0) is 12.1. The summed E-state index contributed by atoms with van der Waals surface area (Å²) in [6.45, 7) is 4.46. The smallest absolute Gasteiger partial charge is 0.0732 e. The van der Waals surface area contributed by atoms with Crippen LogP contribution < -0.4 is 5.32 Å². The molecule has 0 aromatic heterocycles. The predicted octanol–water partition coefficient (Wildman–Crippen LogP) is 3.67. The molecule has 1 atom stereocenters. The molecule has 0 amide bonds. The standard InChI is InChI=1S/C13H16Cl2NO/c14-12-5-1-4-11(13(12)15)9-17-8-10-3-2-6-16-7-10/h1,4-5,7,10,16H,2-3,6,8-9H2. The van der Waals surface area contributed by atoms with Crippen molar-refractivity contribution in [2.24, 2.45) is 5.92 Å². The molecule has 1 aliphatic rings. The third-order valence-corrected chi connectivity index (χ3v) is 3.73. The first kappa shape index (κ1) is 13.2. The van der Waals surface area contributed by atoms with Gasteiger partial charge in [-0.3, -0.25) is 0 Å². The molecule has 1 aromatic carbocycles. The molecule has 4 heteroatoms. The highest BCUT2D eigenvalue weighted by atomic mass is 35.5. The predicted molar refractivity (Wildman–Crippen MR) is 71.1 cm³/mol. The van der Waals surface area contributed by atoms with Crippen LogP contribution >= 0.6 is 23.2 Å². The topological polar surface area (TPSA) is 21.3 Å². The van der Waals surface area contributed by atoms with Crippen LogP contribution in [-0.4, -0.2) is 13.2 Å². The zero-order valence-electron chi connectivity index (χ0n) is 9.59. The average molecular weight is 273 g/mol. The first-order valence-electron chi connectivity index (χ1n) is 5.84. The van der Waals surface area contributed by atoms with Gasteiger partial charge >= 0.3 is 0 Å². The molecule has 1 fully saturated rings. The molecule has 1 aromatic rings. The summed E-state index contributed by atoms with van der Waals surface area (Å²) in [5, 5.41) is 4.43. The summed E-state index contributed by atoms with van der Waals surface area (Å²) in [7, 11) is 0. The molecular formula is C13H16Cl2NO. The minimum Gasteiger partial charge on any atom is -0.376 e. The van der Waals surface area contributed by atoms with Crippen LogP contribution in [0, 0.1) is 12.5 Å². The van der Waals surface area contributed by atoms with Crippen LogP contribution in [-0.2, 0) is 11.3 Å². The number of rotatable bonds is 4. The van der Waals surface area contributed by atoms with Crippen molar-refractivity contribution in [3.05, 3.63) is 40.4 Å². The van der Waals surface area contributed by atoms with E-state index in [1.807, 2.05) is 12.1 Å². The van der Waals surface area contributed by atoms with Gasteiger partial charge < -0.3 is 10.1 Å². The van der Waals surface area contributed by atoms with Crippen LogP contribution in [0.2, 0.25) is 10.0 Å². The van der Waals surface area contributed by atoms with Gasteiger partial charge in [0, 0.05) is 6.54 Å². The lowest BCUT2D eigenvalue weighted by Gasteiger charge is -2.22. The first-order valence-corrected chi connectivity index (χ1v) is 6.60. The molecule has 1 heterocycles. The van der Waals surface area contributed by atoms with E-state index in [1.165, 1.54) is 12.8 Å². The number of hydrogen-bond acceptors (Lipinski definition) is 2. The number of piperidine rings is 1. The Morgan fingerprint density at radius 1 is 1.35 bits per heavy atom. The number of nitrogens with one attached hydrogen (secondary N) is 1. The summed E-state index contributed by atoms with van der Waals surface area (Å²) in [4.78, 5) is 0. The minimum atomic E-state index is 0.502. The highest BCUT2D eigenvalue weighted by Gasteiger charge is 2.13. The second-order valence-corrected chi connectivity index (χ2v) is 5.04. The Morgan fingerprint density at radius 2 is 2.24 bits per heavy atom. The Labute approximate surface area is 112 Å². The van der Waals surface area contributed by atoms with Gasteiger partial charge in [-0.2, -0.15) is 0 Å². The second-order valence-electron chi connectivity index (χ2n) is 4.25. The fourth-order valence-electron chi connectivity index (χ4n) is 1.91. The van der Waals surface area contributed by atoms with Gasteiger partial charge in [0.15, 0.2) is 0 Å². The maximum absolute atomic E-state index is 6.08. The molecule has 1 radical (unpaired) electrons. The van der Waals surface area contributed by atoms with Gasteiger partial charge in [0.1, 0.15) is 0 Å². The van der Waals surface area contributed by atoms with Crippen molar-refractivity contribution in [3.8, 4) is 0 Å². The average Bonchev–Trinajstić information content (AvgIpc) is 2.36. The highest BCUT2D eigenvalue weighted by molar-refractivity contribution is 6.42. The molecule has 1 N–H and O–H groups in total. The normalized spacial score (nSPS) is 20.5. The van der Waals surface area contributed by atoms with E-state index in [4.69, 9.17) is 27.9 Å². The van der Waals surface area contributed by atoms with E-state index in [0.29, 0.717) is 22.6 Å². The molecule has 93 valence electrons. The SMILES string of the molecule is Clc1cccc(COCC2[CH]NCCC2)c1Cl. The van der Waals surface area contributed by atoms with Crippen LogP contribution in [0.3, 0.4) is 0 Å². The maximum atomic E-state index is 6.08. The number of benzene rings is 1. The molecule has 2 rings (SSSR count). The van der Waals surface area contributed by atoms with Crippen molar-refractivity contribution in [1.82, 2.24) is 5.32 Å². The quantitative estimate of drug-likeness (QED) is 0.903. The third-order valence-electron chi connectivity index (χ3n) is 2.87. The van der Waals surface area contributed by atoms with Crippen LogP contribution in [0.1, 0.15) is 18.4 Å². The number of halogens is 2. The maximum Gasteiger partial charge on any atom is 0.0732 e. The molecular weight excluding hydrogens is 257 g/mol. The van der Waals surface area contributed by atoms with Crippen molar-refractivity contribution in [2.75, 3.05) is 13.2 Å². The van der Waals surface area contributed by atoms with Gasteiger partial charge in [0.2, 0.25) is 0 Å². The fraction of sp³-hybridized carbons (Fsp3) is 0.462. The van der Waals surface area contributed by atoms with Gasteiger partial charge in [-0.1, -0.05) is 35.3 Å². The summed E-state index contributed by atoms with van der Waals surface area (Å²) >= 11 is 12.0. The minimum absolute atomic E-state index is 0.502. The lowest BCUT2D eigenvalue weighted by atomic mass is 10.0. The van der Waals surface area contributed by atoms with Gasteiger partial charge in [0.05, 0.1) is 23.3 Å². The second kappa shape index (κ2) is 6.60. The molecule has 17 heavy (non-hydrogen) atoms. The van der Waals surface area contributed by atoms with Crippen LogP contribution in [0.5, 0.6) is 0 Å². The summed E-state index contributed by atoms with van der Waals surface area (Å²) < 4.78 is 5.68. The van der Waals surface area contributed by atoms with Crippen molar-refractivity contribution < 1.29 is 4.74 Å². The largest absolute Gasteiger partial charge is 0.376 e. The van der Waals surface area contributed by atoms with Crippen molar-refractivity contribution in [1.29, 1.82) is 0 Å². The Kier molecular flexibility index (Phi) is 5.11. The van der Waals surface area contributed by atoms with Crippen molar-refractivity contribution in [3.63, 3.8) is 0 Å². The van der Waals surface area contributed by atoms with E-state index in [-0.39, 0.29) is 0 Å². The molecule has 0 saturated carbocycles. The van der Waals surface area contributed by atoms with Gasteiger partial charge in [0.25, 0.3) is 0 Å². The van der Waals surface area contributed by atoms with E-state index in [1.54, 1.807) is 6.07 Å². The van der Waals surface area contributed by atoms with Crippen LogP contribution in [0.4, 0.5) is 0 Å². The van der Waals surface area contributed by atoms with E-state index in [9.17, 15) is 0 Å². The molecule has 0 bridgehead atoms. The van der Waals surface area contributed by atoms with Crippen LogP contribution in [0.25, 0.3) is 0 Å². The van der Waals surface area contributed by atoms with E-state index in [2.05, 4.69) is 11.9 Å². The molecule has 2 nitrogen and oxygen atoms in total. The zero-order valence-corrected chi connectivity index (χ0v) is 11.1. The van der Waals surface area contributed by atoms with Crippen molar-refractivity contribution >= 4 is 23.2 Å². The lowest BCUT2D eigenvalue weighted by Crippen LogP contribution is -2.27. The van der Waals surface area contributed by atoms with Gasteiger partial charge in [-0.05, 0) is 36.9 Å². The molecule has 0 aliphatic carbocycles. The molecule has 0 spiro atoms. The summed E-state index contributed by atoms with van der Waals surface area (Å²) in [6, 6.07) is 5.62. The van der Waals surface area contributed by atoms with E-state index < -0.39 is 0 Å². The first-order chi connectivity index (χ1) is 8.27. The summed E-state index contributed by atoms with van der Waals surface area (Å²) in [6.07, 6.45) is 2.40. The fourth-order valence-corrected chi connectivity index (χ4v) is 2.29. The number of ether oxygens (including phenoxy) is 1. The summed E-state index contributed by atoms with van der Waals surface area (Å²) in [5.74, 6) is 0.502.